The number of anilines is 2. The number of carbonyl (C=O) groups is 1. The van der Waals surface area contributed by atoms with Crippen molar-refractivity contribution in [2.75, 3.05) is 29.9 Å². The molecule has 2 aromatic rings. The number of ether oxygens (including phenoxy) is 1. The Balaban J connectivity index is 1.60. The zero-order valence-corrected chi connectivity index (χ0v) is 15.4. The van der Waals surface area contributed by atoms with Crippen LogP contribution in [0.1, 0.15) is 31.0 Å². The highest BCUT2D eigenvalue weighted by Gasteiger charge is 2.14. The number of hydrogen-bond donors (Lipinski definition) is 1. The number of amides is 1. The Morgan fingerprint density at radius 2 is 1.92 bits per heavy atom. The van der Waals surface area contributed by atoms with Gasteiger partial charge in [0.15, 0.2) is 0 Å². The molecule has 0 spiro atoms. The summed E-state index contributed by atoms with van der Waals surface area (Å²) in [5, 5.41) is 2.90. The van der Waals surface area contributed by atoms with Gasteiger partial charge in [-0.15, -0.1) is 0 Å². The van der Waals surface area contributed by atoms with E-state index in [-0.39, 0.29) is 5.91 Å². The molecule has 5 heteroatoms. The van der Waals surface area contributed by atoms with E-state index in [0.717, 1.165) is 41.6 Å². The van der Waals surface area contributed by atoms with Crippen LogP contribution in [0.25, 0.3) is 6.08 Å². The number of hydrogen-bond acceptors (Lipinski definition) is 4. The minimum Gasteiger partial charge on any atom is -0.494 e. The molecular weight excluding hydrogens is 326 g/mol. The normalized spacial score (nSPS) is 14.0. The fourth-order valence-electron chi connectivity index (χ4n) is 2.99. The van der Waals surface area contributed by atoms with Gasteiger partial charge in [-0.05, 0) is 62.6 Å². The first-order valence-electron chi connectivity index (χ1n) is 9.10. The minimum atomic E-state index is -0.169. The van der Waals surface area contributed by atoms with E-state index in [1.54, 1.807) is 6.08 Å². The molecule has 26 heavy (non-hydrogen) atoms. The summed E-state index contributed by atoms with van der Waals surface area (Å²) in [6.07, 6.45) is 5.75. The molecule has 1 amide bonds. The van der Waals surface area contributed by atoms with E-state index in [1.165, 1.54) is 18.9 Å². The smallest absolute Gasteiger partial charge is 0.248 e. The second kappa shape index (κ2) is 8.52. The van der Waals surface area contributed by atoms with E-state index in [0.29, 0.717) is 6.61 Å². The van der Waals surface area contributed by atoms with Crippen LogP contribution < -0.4 is 15.0 Å². The molecule has 0 unspecified atom stereocenters. The van der Waals surface area contributed by atoms with Gasteiger partial charge in [-0.1, -0.05) is 12.1 Å². The van der Waals surface area contributed by atoms with E-state index in [9.17, 15) is 4.79 Å². The lowest BCUT2D eigenvalue weighted by molar-refractivity contribution is -0.111. The SMILES string of the molecule is CCOc1ccc(/C=C/C(=O)Nc2ccc(N3CCCC3)nc2C)cc1. The average Bonchev–Trinajstić information content (AvgIpc) is 3.18. The van der Waals surface area contributed by atoms with Crippen molar-refractivity contribution >= 4 is 23.5 Å². The van der Waals surface area contributed by atoms with Crippen molar-refractivity contribution in [3.05, 3.63) is 53.7 Å². The van der Waals surface area contributed by atoms with Crippen LogP contribution in [0.2, 0.25) is 0 Å². The van der Waals surface area contributed by atoms with Crippen molar-refractivity contribution in [3.63, 3.8) is 0 Å². The molecule has 1 aliphatic heterocycles. The van der Waals surface area contributed by atoms with Gasteiger partial charge in [-0.3, -0.25) is 4.79 Å². The third-order valence-electron chi connectivity index (χ3n) is 4.38. The van der Waals surface area contributed by atoms with Crippen LogP contribution in [0.4, 0.5) is 11.5 Å². The lowest BCUT2D eigenvalue weighted by atomic mass is 10.2. The van der Waals surface area contributed by atoms with Gasteiger partial charge >= 0.3 is 0 Å². The van der Waals surface area contributed by atoms with E-state index in [1.807, 2.05) is 50.2 Å². The monoisotopic (exact) mass is 351 g/mol. The van der Waals surface area contributed by atoms with Crippen LogP contribution in [-0.4, -0.2) is 30.6 Å². The summed E-state index contributed by atoms with van der Waals surface area (Å²) < 4.78 is 5.41. The highest BCUT2D eigenvalue weighted by molar-refractivity contribution is 6.02. The molecule has 1 N–H and O–H groups in total. The first kappa shape index (κ1) is 18.0. The number of pyridine rings is 1. The summed E-state index contributed by atoms with van der Waals surface area (Å²) in [5.41, 5.74) is 2.52. The quantitative estimate of drug-likeness (QED) is 0.798. The zero-order chi connectivity index (χ0) is 18.4. The van der Waals surface area contributed by atoms with Crippen molar-refractivity contribution in [2.45, 2.75) is 26.7 Å². The van der Waals surface area contributed by atoms with Gasteiger partial charge in [0.1, 0.15) is 11.6 Å². The number of nitrogens with one attached hydrogen (secondary N) is 1. The predicted molar refractivity (Wildman–Crippen MR) is 106 cm³/mol. The average molecular weight is 351 g/mol. The molecule has 5 nitrogen and oxygen atoms in total. The third kappa shape index (κ3) is 4.63. The molecule has 1 aromatic heterocycles. The van der Waals surface area contributed by atoms with Crippen LogP contribution >= 0.6 is 0 Å². The van der Waals surface area contributed by atoms with Crippen LogP contribution in [0.15, 0.2) is 42.5 Å². The first-order valence-corrected chi connectivity index (χ1v) is 9.10. The van der Waals surface area contributed by atoms with Crippen LogP contribution in [-0.2, 0) is 4.79 Å². The fraction of sp³-hybridized carbons (Fsp3) is 0.333. The standard InChI is InChI=1S/C21H25N3O2/c1-3-26-18-9-6-17(7-10-18)8-13-21(25)23-19-11-12-20(22-16(19)2)24-14-4-5-15-24/h6-13H,3-5,14-15H2,1-2H3,(H,23,25)/b13-8+. The molecule has 1 aliphatic rings. The fourth-order valence-corrected chi connectivity index (χ4v) is 2.99. The molecule has 0 aliphatic carbocycles. The molecule has 3 rings (SSSR count). The Morgan fingerprint density at radius 1 is 1.19 bits per heavy atom. The second-order valence-electron chi connectivity index (χ2n) is 6.32. The topological polar surface area (TPSA) is 54.5 Å². The van der Waals surface area contributed by atoms with E-state index in [4.69, 9.17) is 4.74 Å². The number of benzene rings is 1. The number of aryl methyl sites for hydroxylation is 1. The minimum absolute atomic E-state index is 0.169. The molecular formula is C21H25N3O2. The summed E-state index contributed by atoms with van der Waals surface area (Å²) in [7, 11) is 0. The van der Waals surface area contributed by atoms with Crippen molar-refractivity contribution in [1.29, 1.82) is 0 Å². The Morgan fingerprint density at radius 3 is 2.58 bits per heavy atom. The van der Waals surface area contributed by atoms with Crippen molar-refractivity contribution in [1.82, 2.24) is 4.98 Å². The lowest BCUT2D eigenvalue weighted by Gasteiger charge is -2.17. The summed E-state index contributed by atoms with van der Waals surface area (Å²) in [6.45, 7) is 6.63. The summed E-state index contributed by atoms with van der Waals surface area (Å²) >= 11 is 0. The summed E-state index contributed by atoms with van der Waals surface area (Å²) in [5.74, 6) is 1.65. The largest absolute Gasteiger partial charge is 0.494 e. The Bertz CT molecular complexity index is 778. The lowest BCUT2D eigenvalue weighted by Crippen LogP contribution is -2.19. The van der Waals surface area contributed by atoms with Crippen molar-refractivity contribution in [3.8, 4) is 5.75 Å². The van der Waals surface area contributed by atoms with Crippen LogP contribution in [0.5, 0.6) is 5.75 Å². The van der Waals surface area contributed by atoms with E-state index in [2.05, 4.69) is 15.2 Å². The number of aromatic nitrogens is 1. The molecule has 0 atom stereocenters. The van der Waals surface area contributed by atoms with Gasteiger partial charge in [0.05, 0.1) is 18.0 Å². The van der Waals surface area contributed by atoms with Crippen molar-refractivity contribution in [2.24, 2.45) is 0 Å². The van der Waals surface area contributed by atoms with Gasteiger partial charge in [0.2, 0.25) is 5.91 Å². The molecule has 0 bridgehead atoms. The maximum absolute atomic E-state index is 12.2. The highest BCUT2D eigenvalue weighted by Crippen LogP contribution is 2.22. The molecule has 1 fully saturated rings. The van der Waals surface area contributed by atoms with Gasteiger partial charge in [-0.2, -0.15) is 0 Å². The second-order valence-corrected chi connectivity index (χ2v) is 6.32. The predicted octanol–water partition coefficient (Wildman–Crippen LogP) is 4.04. The van der Waals surface area contributed by atoms with Crippen LogP contribution in [0.3, 0.4) is 0 Å². The van der Waals surface area contributed by atoms with E-state index < -0.39 is 0 Å². The highest BCUT2D eigenvalue weighted by atomic mass is 16.5. The Labute approximate surface area is 154 Å². The maximum Gasteiger partial charge on any atom is 0.248 e. The molecule has 1 aromatic carbocycles. The number of rotatable bonds is 6. The van der Waals surface area contributed by atoms with Crippen molar-refractivity contribution < 1.29 is 9.53 Å². The van der Waals surface area contributed by atoms with Gasteiger partial charge < -0.3 is 15.0 Å². The molecule has 0 radical (unpaired) electrons. The number of nitrogens with zero attached hydrogens (tertiary/aromatic N) is 2. The molecule has 2 heterocycles. The van der Waals surface area contributed by atoms with Gasteiger partial charge in [-0.25, -0.2) is 4.98 Å². The van der Waals surface area contributed by atoms with Crippen LogP contribution in [0, 0.1) is 6.92 Å². The summed E-state index contributed by atoms with van der Waals surface area (Å²) in [4.78, 5) is 19.1. The zero-order valence-electron chi connectivity index (χ0n) is 15.4. The Kier molecular flexibility index (Phi) is 5.89. The third-order valence-corrected chi connectivity index (χ3v) is 4.38. The Hall–Kier alpha value is -2.82. The number of carbonyl (C=O) groups excluding carboxylic acids is 1. The van der Waals surface area contributed by atoms with E-state index >= 15 is 0 Å². The molecule has 136 valence electrons. The molecule has 0 saturated carbocycles. The summed E-state index contributed by atoms with van der Waals surface area (Å²) in [6, 6.07) is 11.5. The van der Waals surface area contributed by atoms with Gasteiger partial charge in [0.25, 0.3) is 0 Å². The molecule has 1 saturated heterocycles. The van der Waals surface area contributed by atoms with Gasteiger partial charge in [0, 0.05) is 19.2 Å². The first-order chi connectivity index (χ1) is 12.7. The maximum atomic E-state index is 12.2.